The number of amides is 3. The van der Waals surface area contributed by atoms with E-state index in [1.165, 1.54) is 12.0 Å². The average Bonchev–Trinajstić information content (AvgIpc) is 2.91. The molecule has 0 aromatic carbocycles. The quantitative estimate of drug-likeness (QED) is 0.648. The second kappa shape index (κ2) is 3.24. The molecule has 3 rings (SSSR count). The van der Waals surface area contributed by atoms with Gasteiger partial charge in [0, 0.05) is 13.5 Å². The molecule has 7 nitrogen and oxygen atoms in total. The number of rotatable bonds is 3. The Morgan fingerprint density at radius 1 is 1.59 bits per heavy atom. The monoisotopic (exact) mass is 235 g/mol. The number of ether oxygens (including phenoxy) is 1. The van der Waals surface area contributed by atoms with Crippen molar-refractivity contribution in [2.75, 3.05) is 13.7 Å². The molecule has 0 radical (unpaired) electrons. The van der Waals surface area contributed by atoms with Crippen LogP contribution in [0.2, 0.25) is 0 Å². The van der Waals surface area contributed by atoms with Crippen molar-refractivity contribution in [1.82, 2.24) is 10.2 Å². The van der Waals surface area contributed by atoms with E-state index in [2.05, 4.69) is 10.3 Å². The van der Waals surface area contributed by atoms with Crippen LogP contribution in [0.1, 0.15) is 6.42 Å². The molecule has 1 N–H and O–H groups in total. The molecule has 1 atom stereocenters. The molecule has 3 heterocycles. The molecule has 0 aromatic rings. The van der Waals surface area contributed by atoms with Crippen LogP contribution in [-0.4, -0.2) is 48.1 Å². The van der Waals surface area contributed by atoms with Crippen LogP contribution in [0, 0.1) is 0 Å². The molecule has 0 spiro atoms. The van der Waals surface area contributed by atoms with Crippen molar-refractivity contribution in [3.63, 3.8) is 0 Å². The molecule has 0 saturated carbocycles. The van der Waals surface area contributed by atoms with Crippen LogP contribution in [0.5, 0.6) is 0 Å². The number of nitrogens with zero attached hydrogens (tertiary/aromatic N) is 2. The van der Waals surface area contributed by atoms with Crippen molar-refractivity contribution >= 4 is 23.4 Å². The second-order valence-corrected chi connectivity index (χ2v) is 4.00. The molecule has 88 valence electrons. The third kappa shape index (κ3) is 1.19. The molecular formula is C10H9N3O4. The number of carbonyl (C=O) groups excluding carboxylic acids is 3. The number of urea groups is 1. The molecule has 1 fully saturated rings. The summed E-state index contributed by atoms with van der Waals surface area (Å²) < 4.78 is 4.75. The number of ketones is 1. The standard InChI is InChI=1S/C10H9N3O4/c1-17-3-6(14)7-5-2-4(11-7)8-9(15)12-10(16)13(5)8/h5H,2-3H2,1H3,(H,12,15,16). The Labute approximate surface area is 96.1 Å². The molecule has 1 saturated heterocycles. The molecule has 2 bridgehead atoms. The van der Waals surface area contributed by atoms with Gasteiger partial charge in [0.05, 0.1) is 11.7 Å². The number of imide groups is 1. The van der Waals surface area contributed by atoms with Crippen molar-refractivity contribution in [2.45, 2.75) is 12.5 Å². The van der Waals surface area contributed by atoms with E-state index in [1.807, 2.05) is 0 Å². The molecule has 7 heteroatoms. The number of methoxy groups -OCH3 is 1. The summed E-state index contributed by atoms with van der Waals surface area (Å²) in [5.41, 5.74) is 1.10. The predicted octanol–water partition coefficient (Wildman–Crippen LogP) is -0.808. The third-order valence-electron chi connectivity index (χ3n) is 3.00. The number of Topliss-reactive ketones (excluding diaryl/α,β-unsaturated/α-hetero) is 1. The van der Waals surface area contributed by atoms with Gasteiger partial charge in [0.25, 0.3) is 5.91 Å². The van der Waals surface area contributed by atoms with Crippen molar-refractivity contribution in [1.29, 1.82) is 0 Å². The summed E-state index contributed by atoms with van der Waals surface area (Å²) in [5.74, 6) is -0.687. The first kappa shape index (κ1) is 10.2. The zero-order valence-corrected chi connectivity index (χ0v) is 9.02. The Morgan fingerprint density at radius 3 is 3.06 bits per heavy atom. The maximum absolute atomic E-state index is 11.7. The maximum atomic E-state index is 11.7. The molecule has 1 unspecified atom stereocenters. The van der Waals surface area contributed by atoms with E-state index < -0.39 is 18.0 Å². The summed E-state index contributed by atoms with van der Waals surface area (Å²) in [6.07, 6.45) is 0.444. The van der Waals surface area contributed by atoms with Crippen molar-refractivity contribution in [3.8, 4) is 0 Å². The van der Waals surface area contributed by atoms with Gasteiger partial charge in [-0.15, -0.1) is 0 Å². The topological polar surface area (TPSA) is 88.1 Å². The fraction of sp³-hybridized carbons (Fsp3) is 0.400. The Balaban J connectivity index is 1.99. The zero-order valence-electron chi connectivity index (χ0n) is 9.02. The minimum Gasteiger partial charge on any atom is -0.376 e. The van der Waals surface area contributed by atoms with Crippen LogP contribution >= 0.6 is 0 Å². The van der Waals surface area contributed by atoms with Gasteiger partial charge in [-0.1, -0.05) is 0 Å². The highest BCUT2D eigenvalue weighted by molar-refractivity contribution is 6.44. The minimum atomic E-state index is -0.484. The number of fused-ring (bicyclic) bond motifs is 4. The van der Waals surface area contributed by atoms with Gasteiger partial charge in [0.2, 0.25) is 5.78 Å². The average molecular weight is 235 g/mol. The smallest absolute Gasteiger partial charge is 0.329 e. The molecule has 0 aliphatic carbocycles. The van der Waals surface area contributed by atoms with E-state index in [0.717, 1.165) is 0 Å². The Hall–Kier alpha value is -2.02. The van der Waals surface area contributed by atoms with Gasteiger partial charge in [-0.05, 0) is 0 Å². The van der Waals surface area contributed by atoms with Gasteiger partial charge in [-0.3, -0.25) is 19.8 Å². The van der Waals surface area contributed by atoms with Crippen LogP contribution < -0.4 is 5.32 Å². The SMILES string of the molecule is COCC(=O)C1=NC2=C3C(=O)NC(=O)N3C1C2. The summed E-state index contributed by atoms with van der Waals surface area (Å²) in [6, 6.07) is -0.920. The minimum absolute atomic E-state index is 0.0681. The summed E-state index contributed by atoms with van der Waals surface area (Å²) in [6.45, 7) is -0.0681. The molecule has 0 aromatic heterocycles. The fourth-order valence-electron chi connectivity index (χ4n) is 2.36. The van der Waals surface area contributed by atoms with Crippen LogP contribution in [0.15, 0.2) is 16.4 Å². The van der Waals surface area contributed by atoms with Gasteiger partial charge < -0.3 is 4.74 Å². The highest BCUT2D eigenvalue weighted by Gasteiger charge is 2.51. The highest BCUT2D eigenvalue weighted by atomic mass is 16.5. The number of aliphatic imine (C=N–C) groups is 1. The van der Waals surface area contributed by atoms with Crippen LogP contribution in [0.25, 0.3) is 0 Å². The first-order valence-electron chi connectivity index (χ1n) is 5.12. The summed E-state index contributed by atoms with van der Waals surface area (Å²) in [7, 11) is 1.42. The van der Waals surface area contributed by atoms with E-state index in [0.29, 0.717) is 17.8 Å². The van der Waals surface area contributed by atoms with E-state index in [4.69, 9.17) is 4.74 Å². The second-order valence-electron chi connectivity index (χ2n) is 4.00. The number of nitrogens with one attached hydrogen (secondary N) is 1. The van der Waals surface area contributed by atoms with Crippen LogP contribution in [0.3, 0.4) is 0 Å². The number of hydrogen-bond acceptors (Lipinski definition) is 5. The summed E-state index contributed by atoms with van der Waals surface area (Å²) >= 11 is 0. The van der Waals surface area contributed by atoms with Gasteiger partial charge in [0.15, 0.2) is 0 Å². The van der Waals surface area contributed by atoms with Crippen molar-refractivity contribution in [3.05, 3.63) is 11.4 Å². The van der Waals surface area contributed by atoms with Gasteiger partial charge in [-0.25, -0.2) is 9.79 Å². The molecule has 17 heavy (non-hydrogen) atoms. The van der Waals surface area contributed by atoms with E-state index in [9.17, 15) is 14.4 Å². The zero-order chi connectivity index (χ0) is 12.2. The van der Waals surface area contributed by atoms with Gasteiger partial charge in [0.1, 0.15) is 18.0 Å². The van der Waals surface area contributed by atoms with E-state index in [1.54, 1.807) is 0 Å². The van der Waals surface area contributed by atoms with E-state index >= 15 is 0 Å². The fourth-order valence-corrected chi connectivity index (χ4v) is 2.36. The Morgan fingerprint density at radius 2 is 2.35 bits per heavy atom. The highest BCUT2D eigenvalue weighted by Crippen LogP contribution is 2.38. The van der Waals surface area contributed by atoms with Crippen LogP contribution in [-0.2, 0) is 14.3 Å². The third-order valence-corrected chi connectivity index (χ3v) is 3.00. The normalized spacial score (nSPS) is 25.4. The number of hydrogen-bond donors (Lipinski definition) is 1. The summed E-state index contributed by atoms with van der Waals surface area (Å²) in [5, 5.41) is 2.19. The summed E-state index contributed by atoms with van der Waals surface area (Å²) in [4.78, 5) is 40.1. The van der Waals surface area contributed by atoms with Crippen LogP contribution in [0.4, 0.5) is 4.79 Å². The maximum Gasteiger partial charge on any atom is 0.329 e. The molecular weight excluding hydrogens is 226 g/mol. The lowest BCUT2D eigenvalue weighted by molar-refractivity contribution is -0.117. The lowest BCUT2D eigenvalue weighted by Gasteiger charge is -2.20. The lowest BCUT2D eigenvalue weighted by atomic mass is 10.1. The Kier molecular flexibility index (Phi) is 1.93. The lowest BCUT2D eigenvalue weighted by Crippen LogP contribution is -2.42. The molecule has 3 aliphatic heterocycles. The molecule has 3 amide bonds. The van der Waals surface area contributed by atoms with Gasteiger partial charge >= 0.3 is 6.03 Å². The van der Waals surface area contributed by atoms with Crippen molar-refractivity contribution < 1.29 is 19.1 Å². The molecule has 3 aliphatic rings. The predicted molar refractivity (Wildman–Crippen MR) is 55.1 cm³/mol. The first-order valence-corrected chi connectivity index (χ1v) is 5.12. The first-order chi connectivity index (χ1) is 8.13. The number of carbonyl (C=O) groups is 3. The van der Waals surface area contributed by atoms with Gasteiger partial charge in [-0.2, -0.15) is 0 Å². The Bertz CT molecular complexity index is 520. The largest absolute Gasteiger partial charge is 0.376 e. The van der Waals surface area contributed by atoms with Crippen molar-refractivity contribution in [2.24, 2.45) is 4.99 Å². The van der Waals surface area contributed by atoms with E-state index in [-0.39, 0.29) is 18.1 Å².